The van der Waals surface area contributed by atoms with Crippen LogP contribution in [0.5, 0.6) is 0 Å². The molecule has 1 aromatic carbocycles. The number of hydrogen-bond acceptors (Lipinski definition) is 3. The van der Waals surface area contributed by atoms with Crippen LogP contribution in [0.4, 0.5) is 4.39 Å². The molecule has 21 heavy (non-hydrogen) atoms. The second-order valence-electron chi connectivity index (χ2n) is 5.28. The maximum Gasteiger partial charge on any atom is 0.124 e. The van der Waals surface area contributed by atoms with Gasteiger partial charge >= 0.3 is 0 Å². The Morgan fingerprint density at radius 1 is 1.33 bits per heavy atom. The van der Waals surface area contributed by atoms with Crippen molar-refractivity contribution in [2.75, 3.05) is 6.54 Å². The largest absolute Gasteiger partial charge is 0.311 e. The van der Waals surface area contributed by atoms with Crippen LogP contribution in [0.1, 0.15) is 32.9 Å². The first-order valence-electron chi connectivity index (χ1n) is 7.22. The van der Waals surface area contributed by atoms with E-state index < -0.39 is 0 Å². The number of nitrogens with one attached hydrogen (secondary N) is 1. The van der Waals surface area contributed by atoms with Crippen molar-refractivity contribution in [3.63, 3.8) is 0 Å². The lowest BCUT2D eigenvalue weighted by atomic mass is 10.1. The summed E-state index contributed by atoms with van der Waals surface area (Å²) >= 11 is 1.59. The molecule has 1 N–H and O–H groups in total. The number of thiazole rings is 1. The molecule has 4 heteroatoms. The van der Waals surface area contributed by atoms with Gasteiger partial charge in [0.25, 0.3) is 0 Å². The molecular weight excluding hydrogens is 283 g/mol. The van der Waals surface area contributed by atoms with Crippen LogP contribution in [0.25, 0.3) is 16.6 Å². The van der Waals surface area contributed by atoms with E-state index >= 15 is 0 Å². The minimum atomic E-state index is -0.219. The van der Waals surface area contributed by atoms with E-state index in [2.05, 4.69) is 37.1 Å². The van der Waals surface area contributed by atoms with Crippen LogP contribution >= 0.6 is 11.3 Å². The average molecular weight is 304 g/mol. The van der Waals surface area contributed by atoms with Crippen molar-refractivity contribution in [1.82, 2.24) is 10.3 Å². The van der Waals surface area contributed by atoms with Crippen LogP contribution in [0.3, 0.4) is 0 Å². The summed E-state index contributed by atoms with van der Waals surface area (Å²) in [6.07, 6.45) is 3.14. The lowest BCUT2D eigenvalue weighted by Crippen LogP contribution is -2.24. The average Bonchev–Trinajstić information content (AvgIpc) is 2.92. The maximum absolute atomic E-state index is 12.9. The normalized spacial score (nSPS) is 12.1. The van der Waals surface area contributed by atoms with E-state index in [1.807, 2.05) is 5.38 Å². The van der Waals surface area contributed by atoms with E-state index in [0.29, 0.717) is 6.04 Å². The van der Waals surface area contributed by atoms with E-state index in [9.17, 15) is 4.39 Å². The van der Waals surface area contributed by atoms with Gasteiger partial charge < -0.3 is 5.32 Å². The van der Waals surface area contributed by atoms with Gasteiger partial charge in [-0.25, -0.2) is 9.37 Å². The first-order chi connectivity index (χ1) is 10.1. The van der Waals surface area contributed by atoms with Gasteiger partial charge in [-0.1, -0.05) is 26.3 Å². The maximum atomic E-state index is 12.9. The van der Waals surface area contributed by atoms with Crippen LogP contribution in [-0.2, 0) is 0 Å². The third kappa shape index (κ3) is 4.76. The topological polar surface area (TPSA) is 24.9 Å². The van der Waals surface area contributed by atoms with Crippen molar-refractivity contribution in [1.29, 1.82) is 0 Å². The first kappa shape index (κ1) is 15.9. The van der Waals surface area contributed by atoms with E-state index in [4.69, 9.17) is 0 Å². The smallest absolute Gasteiger partial charge is 0.124 e. The molecule has 1 aromatic heterocycles. The van der Waals surface area contributed by atoms with Gasteiger partial charge in [-0.05, 0) is 36.8 Å². The van der Waals surface area contributed by atoms with Gasteiger partial charge in [0.05, 0.1) is 5.69 Å². The van der Waals surface area contributed by atoms with Crippen molar-refractivity contribution in [3.05, 3.63) is 46.7 Å². The van der Waals surface area contributed by atoms with Gasteiger partial charge in [0.1, 0.15) is 10.8 Å². The number of nitrogens with zero attached hydrogens (tertiary/aromatic N) is 1. The van der Waals surface area contributed by atoms with Gasteiger partial charge in [-0.2, -0.15) is 0 Å². The summed E-state index contributed by atoms with van der Waals surface area (Å²) < 4.78 is 12.9. The van der Waals surface area contributed by atoms with E-state index in [1.54, 1.807) is 23.5 Å². The van der Waals surface area contributed by atoms with Crippen molar-refractivity contribution in [3.8, 4) is 10.6 Å². The second-order valence-corrected chi connectivity index (χ2v) is 6.13. The predicted molar refractivity (Wildman–Crippen MR) is 88.9 cm³/mol. The molecule has 0 fully saturated rings. The minimum absolute atomic E-state index is 0.219. The van der Waals surface area contributed by atoms with Gasteiger partial charge in [0, 0.05) is 23.5 Å². The highest BCUT2D eigenvalue weighted by molar-refractivity contribution is 7.13. The summed E-state index contributed by atoms with van der Waals surface area (Å²) in [7, 11) is 0. The van der Waals surface area contributed by atoms with E-state index in [0.717, 1.165) is 29.2 Å². The fourth-order valence-electron chi connectivity index (χ4n) is 1.90. The molecular formula is C17H21FN2S. The Labute approximate surface area is 129 Å². The highest BCUT2D eigenvalue weighted by Gasteiger charge is 2.05. The van der Waals surface area contributed by atoms with E-state index in [-0.39, 0.29) is 5.82 Å². The first-order valence-corrected chi connectivity index (χ1v) is 8.10. The van der Waals surface area contributed by atoms with Gasteiger partial charge in [0.2, 0.25) is 0 Å². The molecule has 0 aliphatic rings. The molecule has 0 saturated heterocycles. The van der Waals surface area contributed by atoms with Crippen molar-refractivity contribution < 1.29 is 4.39 Å². The third-order valence-corrected chi connectivity index (χ3v) is 4.07. The summed E-state index contributed by atoms with van der Waals surface area (Å²) in [5.74, 6) is -0.219. The number of rotatable bonds is 6. The fourth-order valence-corrected chi connectivity index (χ4v) is 2.68. The Kier molecular flexibility index (Phi) is 5.65. The Balaban J connectivity index is 2.13. The molecule has 0 bridgehead atoms. The molecule has 0 radical (unpaired) electrons. The molecule has 2 aromatic rings. The summed E-state index contributed by atoms with van der Waals surface area (Å²) in [6, 6.07) is 6.95. The SMILES string of the molecule is CCC(=Cc1csc(-c2ccc(F)cc2)n1)CNC(C)C. The monoisotopic (exact) mass is 304 g/mol. The zero-order valence-corrected chi connectivity index (χ0v) is 13.5. The zero-order chi connectivity index (χ0) is 15.2. The van der Waals surface area contributed by atoms with Crippen LogP contribution in [0, 0.1) is 5.82 Å². The molecule has 2 rings (SSSR count). The molecule has 0 unspecified atom stereocenters. The standard InChI is InChI=1S/C17H21FN2S/c1-4-13(10-19-12(2)3)9-16-11-21-17(20-16)14-5-7-15(18)8-6-14/h5-9,11-12,19H,4,10H2,1-3H3. The van der Waals surface area contributed by atoms with Crippen LogP contribution in [0.15, 0.2) is 35.2 Å². The van der Waals surface area contributed by atoms with Crippen LogP contribution in [-0.4, -0.2) is 17.6 Å². The second kappa shape index (κ2) is 7.48. The van der Waals surface area contributed by atoms with Crippen molar-refractivity contribution in [2.45, 2.75) is 33.2 Å². The Morgan fingerprint density at radius 2 is 2.05 bits per heavy atom. The highest BCUT2D eigenvalue weighted by atomic mass is 32.1. The lowest BCUT2D eigenvalue weighted by molar-refractivity contribution is 0.617. The summed E-state index contributed by atoms with van der Waals surface area (Å²) in [5, 5.41) is 6.40. The van der Waals surface area contributed by atoms with Gasteiger partial charge in [0.15, 0.2) is 0 Å². The van der Waals surface area contributed by atoms with Gasteiger partial charge in [-0.15, -0.1) is 11.3 Å². The number of halogens is 1. The quantitative estimate of drug-likeness (QED) is 0.833. The number of benzene rings is 1. The predicted octanol–water partition coefficient (Wildman–Crippen LogP) is 4.74. The summed E-state index contributed by atoms with van der Waals surface area (Å²) in [5.41, 5.74) is 3.26. The molecule has 0 spiro atoms. The van der Waals surface area contributed by atoms with Crippen molar-refractivity contribution >= 4 is 17.4 Å². The zero-order valence-electron chi connectivity index (χ0n) is 12.7. The lowest BCUT2D eigenvalue weighted by Gasteiger charge is -2.09. The number of aromatic nitrogens is 1. The molecule has 1 heterocycles. The van der Waals surface area contributed by atoms with E-state index in [1.165, 1.54) is 17.7 Å². The molecule has 0 atom stereocenters. The molecule has 0 aliphatic heterocycles. The van der Waals surface area contributed by atoms with Crippen LogP contribution in [0.2, 0.25) is 0 Å². The Bertz CT molecular complexity index is 600. The van der Waals surface area contributed by atoms with Gasteiger partial charge in [-0.3, -0.25) is 0 Å². The van der Waals surface area contributed by atoms with Crippen molar-refractivity contribution in [2.24, 2.45) is 0 Å². The molecule has 2 nitrogen and oxygen atoms in total. The summed E-state index contributed by atoms with van der Waals surface area (Å²) in [6.45, 7) is 7.32. The Morgan fingerprint density at radius 3 is 2.67 bits per heavy atom. The Hall–Kier alpha value is -1.52. The highest BCUT2D eigenvalue weighted by Crippen LogP contribution is 2.25. The van der Waals surface area contributed by atoms with Crippen LogP contribution < -0.4 is 5.32 Å². The summed E-state index contributed by atoms with van der Waals surface area (Å²) in [4.78, 5) is 4.62. The molecule has 0 saturated carbocycles. The molecule has 0 amide bonds. The molecule has 0 aliphatic carbocycles. The molecule has 112 valence electrons. The third-order valence-electron chi connectivity index (χ3n) is 3.16. The fraction of sp³-hybridized carbons (Fsp3) is 0.353. The number of hydrogen-bond donors (Lipinski definition) is 1. The minimum Gasteiger partial charge on any atom is -0.311 e.